The van der Waals surface area contributed by atoms with Gasteiger partial charge in [0.25, 0.3) is 5.91 Å². The second kappa shape index (κ2) is 7.53. The summed E-state index contributed by atoms with van der Waals surface area (Å²) in [6.45, 7) is 5.24. The molecule has 1 saturated heterocycles. The number of rotatable bonds is 3. The van der Waals surface area contributed by atoms with E-state index in [9.17, 15) is 9.18 Å². The fourth-order valence-electron chi connectivity index (χ4n) is 3.08. The minimum absolute atomic E-state index is 0.120. The molecule has 1 aliphatic heterocycles. The van der Waals surface area contributed by atoms with Crippen LogP contribution in [0.25, 0.3) is 0 Å². The maximum absolute atomic E-state index is 13.3. The summed E-state index contributed by atoms with van der Waals surface area (Å²) in [5, 5.41) is 0. The Bertz CT molecular complexity index is 692. The lowest BCUT2D eigenvalue weighted by Crippen LogP contribution is -2.36. The number of carbonyl (C=O) groups is 1. The van der Waals surface area contributed by atoms with Crippen LogP contribution < -0.4 is 0 Å². The van der Waals surface area contributed by atoms with Crippen molar-refractivity contribution >= 4 is 5.91 Å². The Morgan fingerprint density at radius 1 is 1.21 bits per heavy atom. The minimum atomic E-state index is -0.616. The van der Waals surface area contributed by atoms with Crippen LogP contribution in [0.3, 0.4) is 0 Å². The van der Waals surface area contributed by atoms with Gasteiger partial charge in [0, 0.05) is 50.0 Å². The van der Waals surface area contributed by atoms with Crippen LogP contribution in [-0.2, 0) is 6.54 Å². The van der Waals surface area contributed by atoms with Crippen LogP contribution >= 0.6 is 0 Å². The van der Waals surface area contributed by atoms with Gasteiger partial charge in [0.2, 0.25) is 5.95 Å². The molecule has 1 atom stereocenters. The number of pyridine rings is 1. The van der Waals surface area contributed by atoms with E-state index in [1.165, 1.54) is 17.8 Å². The van der Waals surface area contributed by atoms with E-state index < -0.39 is 5.95 Å². The Labute approximate surface area is 141 Å². The van der Waals surface area contributed by atoms with E-state index in [0.717, 1.165) is 19.5 Å². The first-order valence-electron chi connectivity index (χ1n) is 8.32. The van der Waals surface area contributed by atoms with Crippen LogP contribution in [0, 0.1) is 5.95 Å². The molecule has 1 amide bonds. The molecular formula is C19H22FN3O. The van der Waals surface area contributed by atoms with Gasteiger partial charge in [-0.25, -0.2) is 4.98 Å². The average molecular weight is 327 g/mol. The number of carbonyl (C=O) groups excluding carboxylic acids is 1. The van der Waals surface area contributed by atoms with Crippen molar-refractivity contribution in [2.75, 3.05) is 19.6 Å². The molecule has 5 heteroatoms. The molecule has 2 aromatic rings. The van der Waals surface area contributed by atoms with E-state index in [1.807, 2.05) is 23.1 Å². The van der Waals surface area contributed by atoms with Crippen molar-refractivity contribution in [2.24, 2.45) is 0 Å². The second-order valence-electron chi connectivity index (χ2n) is 6.25. The van der Waals surface area contributed by atoms with Gasteiger partial charge in [0.05, 0.1) is 0 Å². The molecule has 0 bridgehead atoms. The van der Waals surface area contributed by atoms with Crippen LogP contribution in [0.2, 0.25) is 0 Å². The van der Waals surface area contributed by atoms with Crippen molar-refractivity contribution in [3.8, 4) is 0 Å². The van der Waals surface area contributed by atoms with Crippen LogP contribution in [0.15, 0.2) is 48.7 Å². The van der Waals surface area contributed by atoms with Gasteiger partial charge in [-0.05, 0) is 25.0 Å². The highest BCUT2D eigenvalue weighted by Gasteiger charge is 2.24. The van der Waals surface area contributed by atoms with Gasteiger partial charge >= 0.3 is 0 Å². The third kappa shape index (κ3) is 3.97. The lowest BCUT2D eigenvalue weighted by molar-refractivity contribution is 0.0760. The van der Waals surface area contributed by atoms with Crippen LogP contribution in [0.5, 0.6) is 0 Å². The maximum atomic E-state index is 13.3. The topological polar surface area (TPSA) is 36.4 Å². The van der Waals surface area contributed by atoms with Crippen molar-refractivity contribution in [3.63, 3.8) is 0 Å². The number of amides is 1. The standard InChI is InChI=1S/C19H22FN3O/c1-15-8-10-22(19(24)17-7-9-21-18(20)13-17)11-12-23(15)14-16-5-3-2-4-6-16/h2-7,9,13,15H,8,10-12,14H2,1H3. The van der Waals surface area contributed by atoms with Gasteiger partial charge in [-0.15, -0.1) is 0 Å². The molecular weight excluding hydrogens is 305 g/mol. The molecule has 126 valence electrons. The molecule has 24 heavy (non-hydrogen) atoms. The summed E-state index contributed by atoms with van der Waals surface area (Å²) in [6.07, 6.45) is 2.25. The van der Waals surface area contributed by atoms with Crippen molar-refractivity contribution in [1.29, 1.82) is 0 Å². The lowest BCUT2D eigenvalue weighted by atomic mass is 10.1. The quantitative estimate of drug-likeness (QED) is 0.813. The third-order valence-electron chi connectivity index (χ3n) is 4.59. The smallest absolute Gasteiger partial charge is 0.254 e. The Morgan fingerprint density at radius 3 is 2.75 bits per heavy atom. The highest BCUT2D eigenvalue weighted by atomic mass is 19.1. The van der Waals surface area contributed by atoms with E-state index in [4.69, 9.17) is 0 Å². The molecule has 3 rings (SSSR count). The van der Waals surface area contributed by atoms with Crippen LogP contribution in [-0.4, -0.2) is 46.4 Å². The first-order chi connectivity index (χ1) is 11.6. The van der Waals surface area contributed by atoms with E-state index in [2.05, 4.69) is 28.9 Å². The molecule has 1 fully saturated rings. The summed E-state index contributed by atoms with van der Waals surface area (Å²) in [7, 11) is 0. The first-order valence-corrected chi connectivity index (χ1v) is 8.32. The largest absolute Gasteiger partial charge is 0.337 e. The summed E-state index contributed by atoms with van der Waals surface area (Å²) in [4.78, 5) is 20.3. The predicted molar refractivity (Wildman–Crippen MR) is 91.0 cm³/mol. The van der Waals surface area contributed by atoms with Crippen LogP contribution in [0.1, 0.15) is 29.3 Å². The van der Waals surface area contributed by atoms with Gasteiger partial charge < -0.3 is 4.90 Å². The second-order valence-corrected chi connectivity index (χ2v) is 6.25. The summed E-state index contributed by atoms with van der Waals surface area (Å²) >= 11 is 0. The van der Waals surface area contributed by atoms with Crippen molar-refractivity contribution in [1.82, 2.24) is 14.8 Å². The Balaban J connectivity index is 1.66. The molecule has 0 saturated carbocycles. The fraction of sp³-hybridized carbons (Fsp3) is 0.368. The van der Waals surface area contributed by atoms with Crippen molar-refractivity contribution in [3.05, 3.63) is 65.7 Å². The highest BCUT2D eigenvalue weighted by Crippen LogP contribution is 2.16. The number of benzene rings is 1. The predicted octanol–water partition coefficient (Wildman–Crippen LogP) is 2.96. The monoisotopic (exact) mass is 327 g/mol. The molecule has 0 aliphatic carbocycles. The van der Waals surface area contributed by atoms with Gasteiger partial charge in [0.1, 0.15) is 0 Å². The Kier molecular flexibility index (Phi) is 5.20. The molecule has 0 radical (unpaired) electrons. The number of hydrogen-bond acceptors (Lipinski definition) is 3. The number of halogens is 1. The van der Waals surface area contributed by atoms with E-state index in [-0.39, 0.29) is 5.91 Å². The minimum Gasteiger partial charge on any atom is -0.337 e. The number of nitrogens with zero attached hydrogens (tertiary/aromatic N) is 3. The van der Waals surface area contributed by atoms with Crippen molar-refractivity contribution in [2.45, 2.75) is 25.9 Å². The summed E-state index contributed by atoms with van der Waals surface area (Å²) < 4.78 is 13.3. The third-order valence-corrected chi connectivity index (χ3v) is 4.59. The number of aromatic nitrogens is 1. The Hall–Kier alpha value is -2.27. The molecule has 0 N–H and O–H groups in total. The van der Waals surface area contributed by atoms with Gasteiger partial charge in [-0.1, -0.05) is 30.3 Å². The summed E-state index contributed by atoms with van der Waals surface area (Å²) in [6, 6.07) is 13.5. The zero-order chi connectivity index (χ0) is 16.9. The van der Waals surface area contributed by atoms with Crippen LogP contribution in [0.4, 0.5) is 4.39 Å². The first kappa shape index (κ1) is 16.6. The molecule has 1 aliphatic rings. The number of hydrogen-bond donors (Lipinski definition) is 0. The Morgan fingerprint density at radius 2 is 2.00 bits per heavy atom. The van der Waals surface area contributed by atoms with Gasteiger partial charge in [0.15, 0.2) is 0 Å². The van der Waals surface area contributed by atoms with E-state index >= 15 is 0 Å². The lowest BCUT2D eigenvalue weighted by Gasteiger charge is -2.26. The van der Waals surface area contributed by atoms with Gasteiger partial charge in [-0.2, -0.15) is 4.39 Å². The van der Waals surface area contributed by atoms with Gasteiger partial charge in [-0.3, -0.25) is 9.69 Å². The zero-order valence-corrected chi connectivity index (χ0v) is 13.9. The maximum Gasteiger partial charge on any atom is 0.254 e. The fourth-order valence-corrected chi connectivity index (χ4v) is 3.08. The SMILES string of the molecule is CC1CCN(C(=O)c2ccnc(F)c2)CCN1Cc1ccccc1. The molecule has 4 nitrogen and oxygen atoms in total. The molecule has 2 heterocycles. The van der Waals surface area contributed by atoms with Crippen molar-refractivity contribution < 1.29 is 9.18 Å². The molecule has 1 unspecified atom stereocenters. The van der Waals surface area contributed by atoms with E-state index in [0.29, 0.717) is 24.7 Å². The molecule has 0 spiro atoms. The normalized spacial score (nSPS) is 19.1. The molecule has 1 aromatic carbocycles. The average Bonchev–Trinajstić information content (AvgIpc) is 2.78. The van der Waals surface area contributed by atoms with E-state index in [1.54, 1.807) is 6.07 Å². The zero-order valence-electron chi connectivity index (χ0n) is 13.9. The summed E-state index contributed by atoms with van der Waals surface area (Å²) in [5.41, 5.74) is 1.65. The summed E-state index contributed by atoms with van der Waals surface area (Å²) in [5.74, 6) is -0.736. The highest BCUT2D eigenvalue weighted by molar-refractivity contribution is 5.94. The molecule has 1 aromatic heterocycles.